The van der Waals surface area contributed by atoms with Gasteiger partial charge in [-0.15, -0.1) is 0 Å². The first-order valence-electron chi connectivity index (χ1n) is 6.60. The van der Waals surface area contributed by atoms with E-state index in [4.69, 9.17) is 5.11 Å². The number of aliphatic hydroxyl groups excluding tert-OH is 1. The molecule has 2 saturated carbocycles. The van der Waals surface area contributed by atoms with Gasteiger partial charge in [0.05, 0.1) is 0 Å². The van der Waals surface area contributed by atoms with Gasteiger partial charge in [-0.25, -0.2) is 0 Å². The second-order valence-electron chi connectivity index (χ2n) is 5.72. The van der Waals surface area contributed by atoms with Crippen LogP contribution in [0.5, 0.6) is 0 Å². The van der Waals surface area contributed by atoms with Crippen molar-refractivity contribution in [3.63, 3.8) is 0 Å². The van der Waals surface area contributed by atoms with Crippen LogP contribution in [0.15, 0.2) is 0 Å². The van der Waals surface area contributed by atoms with Gasteiger partial charge in [-0.05, 0) is 43.4 Å². The first-order chi connectivity index (χ1) is 7.26. The standard InChI is InChI=1S/C13H25NO/c1-11-4-2-5-12(11)14-10-13(8-9-15)6-3-7-13/h11-12,14-15H,2-10H2,1H3. The number of hydrogen-bond acceptors (Lipinski definition) is 2. The second-order valence-corrected chi connectivity index (χ2v) is 5.72. The summed E-state index contributed by atoms with van der Waals surface area (Å²) in [6, 6.07) is 0.751. The SMILES string of the molecule is CC1CCCC1NCC1(CCO)CCC1. The molecule has 88 valence electrons. The average Bonchev–Trinajstić information content (AvgIpc) is 2.56. The summed E-state index contributed by atoms with van der Waals surface area (Å²) < 4.78 is 0. The van der Waals surface area contributed by atoms with Crippen molar-refractivity contribution in [2.24, 2.45) is 11.3 Å². The van der Waals surface area contributed by atoms with Crippen LogP contribution < -0.4 is 5.32 Å². The molecule has 2 aliphatic rings. The highest BCUT2D eigenvalue weighted by molar-refractivity contribution is 4.91. The summed E-state index contributed by atoms with van der Waals surface area (Å²) in [6.45, 7) is 3.87. The van der Waals surface area contributed by atoms with E-state index in [9.17, 15) is 0 Å². The summed E-state index contributed by atoms with van der Waals surface area (Å²) in [5.74, 6) is 0.858. The molecule has 0 aliphatic heterocycles. The molecule has 2 unspecified atom stereocenters. The molecular weight excluding hydrogens is 186 g/mol. The van der Waals surface area contributed by atoms with Crippen LogP contribution in [0.3, 0.4) is 0 Å². The van der Waals surface area contributed by atoms with Gasteiger partial charge in [0.2, 0.25) is 0 Å². The molecule has 2 rings (SSSR count). The summed E-state index contributed by atoms with van der Waals surface area (Å²) in [5.41, 5.74) is 0.455. The van der Waals surface area contributed by atoms with Gasteiger partial charge in [0.1, 0.15) is 0 Å². The molecule has 0 bridgehead atoms. The summed E-state index contributed by atoms with van der Waals surface area (Å²) in [5, 5.41) is 12.8. The Labute approximate surface area is 93.5 Å². The Hall–Kier alpha value is -0.0800. The van der Waals surface area contributed by atoms with Crippen LogP contribution in [-0.4, -0.2) is 24.3 Å². The van der Waals surface area contributed by atoms with E-state index < -0.39 is 0 Å². The van der Waals surface area contributed by atoms with E-state index in [1.807, 2.05) is 0 Å². The molecule has 0 amide bonds. The zero-order chi connectivity index (χ0) is 10.7. The van der Waals surface area contributed by atoms with Crippen molar-refractivity contribution >= 4 is 0 Å². The van der Waals surface area contributed by atoms with Gasteiger partial charge in [-0.1, -0.05) is 19.8 Å². The zero-order valence-electron chi connectivity index (χ0n) is 9.97. The lowest BCUT2D eigenvalue weighted by molar-refractivity contribution is 0.0811. The summed E-state index contributed by atoms with van der Waals surface area (Å²) in [7, 11) is 0. The largest absolute Gasteiger partial charge is 0.396 e. The van der Waals surface area contributed by atoms with E-state index in [1.54, 1.807) is 0 Å². The highest BCUT2D eigenvalue weighted by atomic mass is 16.3. The molecule has 2 aliphatic carbocycles. The lowest BCUT2D eigenvalue weighted by Gasteiger charge is -2.43. The zero-order valence-corrected chi connectivity index (χ0v) is 9.97. The van der Waals surface area contributed by atoms with E-state index in [1.165, 1.54) is 38.5 Å². The summed E-state index contributed by atoms with van der Waals surface area (Å²) in [4.78, 5) is 0. The van der Waals surface area contributed by atoms with E-state index in [0.29, 0.717) is 12.0 Å². The lowest BCUT2D eigenvalue weighted by atomic mass is 9.66. The smallest absolute Gasteiger partial charge is 0.0436 e. The number of hydrogen-bond donors (Lipinski definition) is 2. The van der Waals surface area contributed by atoms with Gasteiger partial charge in [0.15, 0.2) is 0 Å². The molecule has 0 saturated heterocycles. The van der Waals surface area contributed by atoms with Crippen LogP contribution >= 0.6 is 0 Å². The van der Waals surface area contributed by atoms with Gasteiger partial charge in [0, 0.05) is 19.2 Å². The molecule has 2 fully saturated rings. The van der Waals surface area contributed by atoms with Crippen LogP contribution in [0.25, 0.3) is 0 Å². The van der Waals surface area contributed by atoms with Crippen LogP contribution in [0.4, 0.5) is 0 Å². The van der Waals surface area contributed by atoms with E-state index in [2.05, 4.69) is 12.2 Å². The highest BCUT2D eigenvalue weighted by Crippen LogP contribution is 2.43. The third-order valence-corrected chi connectivity index (χ3v) is 4.66. The molecule has 2 nitrogen and oxygen atoms in total. The Morgan fingerprint density at radius 3 is 2.53 bits per heavy atom. The molecular formula is C13H25NO. The van der Waals surface area contributed by atoms with Crippen molar-refractivity contribution in [3.05, 3.63) is 0 Å². The molecule has 0 radical (unpaired) electrons. The first-order valence-corrected chi connectivity index (χ1v) is 6.60. The van der Waals surface area contributed by atoms with Crippen molar-refractivity contribution in [1.82, 2.24) is 5.32 Å². The molecule has 15 heavy (non-hydrogen) atoms. The molecule has 2 N–H and O–H groups in total. The van der Waals surface area contributed by atoms with Crippen molar-refractivity contribution in [3.8, 4) is 0 Å². The van der Waals surface area contributed by atoms with E-state index in [0.717, 1.165) is 24.9 Å². The normalized spacial score (nSPS) is 34.0. The van der Waals surface area contributed by atoms with Crippen molar-refractivity contribution in [2.75, 3.05) is 13.2 Å². The summed E-state index contributed by atoms with van der Waals surface area (Å²) >= 11 is 0. The average molecular weight is 211 g/mol. The first kappa shape index (κ1) is 11.4. The molecule has 0 aromatic carbocycles. The predicted octanol–water partition coefficient (Wildman–Crippen LogP) is 2.32. The minimum absolute atomic E-state index is 0.363. The van der Waals surface area contributed by atoms with Crippen molar-refractivity contribution < 1.29 is 5.11 Å². The number of aliphatic hydroxyl groups is 1. The quantitative estimate of drug-likeness (QED) is 0.731. The maximum Gasteiger partial charge on any atom is 0.0436 e. The van der Waals surface area contributed by atoms with Crippen LogP contribution in [-0.2, 0) is 0 Å². The Morgan fingerprint density at radius 2 is 2.07 bits per heavy atom. The van der Waals surface area contributed by atoms with Gasteiger partial charge in [-0.3, -0.25) is 0 Å². The van der Waals surface area contributed by atoms with E-state index in [-0.39, 0.29) is 0 Å². The maximum atomic E-state index is 9.08. The fourth-order valence-corrected chi connectivity index (χ4v) is 3.23. The molecule has 2 atom stereocenters. The third kappa shape index (κ3) is 2.54. The highest BCUT2D eigenvalue weighted by Gasteiger charge is 2.37. The third-order valence-electron chi connectivity index (χ3n) is 4.66. The van der Waals surface area contributed by atoms with Gasteiger partial charge < -0.3 is 10.4 Å². The minimum atomic E-state index is 0.363. The second kappa shape index (κ2) is 4.84. The fraction of sp³-hybridized carbons (Fsp3) is 1.00. The Morgan fingerprint density at radius 1 is 1.27 bits per heavy atom. The van der Waals surface area contributed by atoms with Gasteiger partial charge >= 0.3 is 0 Å². The lowest BCUT2D eigenvalue weighted by Crippen LogP contribution is -2.45. The van der Waals surface area contributed by atoms with Gasteiger partial charge in [-0.2, -0.15) is 0 Å². The van der Waals surface area contributed by atoms with Gasteiger partial charge in [0.25, 0.3) is 0 Å². The topological polar surface area (TPSA) is 32.3 Å². The molecule has 2 heteroatoms. The molecule has 0 aromatic rings. The summed E-state index contributed by atoms with van der Waals surface area (Å²) in [6.07, 6.45) is 9.15. The van der Waals surface area contributed by atoms with Crippen LogP contribution in [0.2, 0.25) is 0 Å². The predicted molar refractivity (Wildman–Crippen MR) is 62.8 cm³/mol. The Kier molecular flexibility index (Phi) is 3.68. The van der Waals surface area contributed by atoms with Crippen molar-refractivity contribution in [1.29, 1.82) is 0 Å². The number of nitrogens with one attached hydrogen (secondary N) is 1. The minimum Gasteiger partial charge on any atom is -0.396 e. The Balaban J connectivity index is 1.75. The molecule has 0 spiro atoms. The monoisotopic (exact) mass is 211 g/mol. The number of rotatable bonds is 5. The van der Waals surface area contributed by atoms with E-state index >= 15 is 0 Å². The maximum absolute atomic E-state index is 9.08. The molecule has 0 heterocycles. The van der Waals surface area contributed by atoms with Crippen LogP contribution in [0.1, 0.15) is 51.9 Å². The van der Waals surface area contributed by atoms with Crippen LogP contribution in [0, 0.1) is 11.3 Å². The fourth-order valence-electron chi connectivity index (χ4n) is 3.23. The Bertz CT molecular complexity index is 201. The van der Waals surface area contributed by atoms with Crippen molar-refractivity contribution in [2.45, 2.75) is 57.9 Å². The molecule has 0 aromatic heterocycles.